The minimum atomic E-state index is -1.10. The zero-order chi connectivity index (χ0) is 28.4. The van der Waals surface area contributed by atoms with Crippen LogP contribution in [-0.4, -0.2) is 45.1 Å². The number of rotatable bonds is 9. The molecule has 3 aromatic heterocycles. The number of carbonyl (C=O) groups is 2. The van der Waals surface area contributed by atoms with Gasteiger partial charge < -0.3 is 20.1 Å². The Morgan fingerprint density at radius 2 is 2.03 bits per heavy atom. The molecule has 0 aliphatic heterocycles. The second kappa shape index (κ2) is 10.6. The molecule has 1 aromatic carbocycles. The molecule has 1 aliphatic rings. The highest BCUT2D eigenvalue weighted by Gasteiger charge is 2.25. The van der Waals surface area contributed by atoms with Crippen molar-refractivity contribution in [3.05, 3.63) is 65.0 Å². The van der Waals surface area contributed by atoms with E-state index in [1.165, 1.54) is 23.6 Å². The number of methoxy groups -OCH3 is 1. The molecule has 5 rings (SSSR count). The van der Waals surface area contributed by atoms with E-state index in [0.29, 0.717) is 34.3 Å². The number of anilines is 1. The lowest BCUT2D eigenvalue weighted by molar-refractivity contribution is -0.114. The Labute approximate surface area is 223 Å². The van der Waals surface area contributed by atoms with Gasteiger partial charge in [0.15, 0.2) is 23.0 Å². The summed E-state index contributed by atoms with van der Waals surface area (Å²) in [5.74, 6) is -2.64. The molecule has 202 valence electrons. The number of carbonyl (C=O) groups excluding carboxylic acids is 2. The first-order chi connectivity index (χ1) is 19.2. The molecular formula is C27H26F2N6O4. The van der Waals surface area contributed by atoms with Crippen molar-refractivity contribution in [2.45, 2.75) is 33.2 Å². The number of hydrogen-bond acceptors (Lipinski definition) is 7. The topological polar surface area (TPSA) is 120 Å². The number of amides is 2. The van der Waals surface area contributed by atoms with Crippen LogP contribution >= 0.6 is 0 Å². The number of halogens is 2. The van der Waals surface area contributed by atoms with E-state index in [1.54, 1.807) is 25.3 Å². The minimum absolute atomic E-state index is 0.0299. The van der Waals surface area contributed by atoms with Gasteiger partial charge in [0.25, 0.3) is 5.91 Å². The summed E-state index contributed by atoms with van der Waals surface area (Å²) in [5.41, 5.74) is 2.27. The number of pyridine rings is 1. The van der Waals surface area contributed by atoms with E-state index in [-0.39, 0.29) is 41.8 Å². The van der Waals surface area contributed by atoms with Crippen LogP contribution in [0.15, 0.2) is 36.5 Å². The second-order valence-corrected chi connectivity index (χ2v) is 9.23. The summed E-state index contributed by atoms with van der Waals surface area (Å²) in [5, 5.41) is 9.82. The summed E-state index contributed by atoms with van der Waals surface area (Å²) in [6.45, 7) is 3.21. The lowest BCUT2D eigenvalue weighted by atomic mass is 10.1. The number of imidazole rings is 1. The third-order valence-electron chi connectivity index (χ3n) is 6.19. The standard InChI is InChI=1S/C27H26F2N6O4/c1-14-18(21-8-9-23-33-22(32-15(2)36)12-35(23)34-21)10-19(27(31-14)38-3)26(37)30-11-17-6-7-20(28)24(29)25(17)39-13-16-4-5-16/h6-10,12,16H,4-5,11,13H2,1-3H3,(H,30,37)(H,32,36)/i3D. The third kappa shape index (κ3) is 5.64. The Bertz CT molecular complexity index is 1610. The fourth-order valence-corrected chi connectivity index (χ4v) is 4.01. The van der Waals surface area contributed by atoms with Crippen molar-refractivity contribution >= 4 is 23.3 Å². The molecule has 12 heteroatoms. The maximum Gasteiger partial charge on any atom is 0.257 e. The van der Waals surface area contributed by atoms with Crippen molar-refractivity contribution in [2.24, 2.45) is 5.92 Å². The van der Waals surface area contributed by atoms with Crippen LogP contribution < -0.4 is 20.1 Å². The summed E-state index contributed by atoms with van der Waals surface area (Å²) in [7, 11) is -0.473. The Kier molecular flexibility index (Phi) is 6.74. The lowest BCUT2D eigenvalue weighted by Gasteiger charge is -2.15. The van der Waals surface area contributed by atoms with E-state index in [9.17, 15) is 18.4 Å². The van der Waals surface area contributed by atoms with Crippen molar-refractivity contribution in [3.8, 4) is 22.9 Å². The number of aromatic nitrogens is 4. The van der Waals surface area contributed by atoms with Gasteiger partial charge in [-0.2, -0.15) is 9.49 Å². The molecule has 1 fully saturated rings. The van der Waals surface area contributed by atoms with Gasteiger partial charge in [-0.05, 0) is 49.9 Å². The minimum Gasteiger partial charge on any atom is -0.490 e. The molecule has 0 radical (unpaired) electrons. The van der Waals surface area contributed by atoms with Gasteiger partial charge in [-0.1, -0.05) is 6.07 Å². The average molecular weight is 538 g/mol. The number of benzene rings is 1. The van der Waals surface area contributed by atoms with Gasteiger partial charge in [0.2, 0.25) is 17.6 Å². The van der Waals surface area contributed by atoms with E-state index in [4.69, 9.17) is 10.8 Å². The van der Waals surface area contributed by atoms with Gasteiger partial charge in [0, 0.05) is 24.6 Å². The fraction of sp³-hybridized carbons (Fsp3) is 0.296. The van der Waals surface area contributed by atoms with Gasteiger partial charge in [-0.25, -0.2) is 18.9 Å². The molecule has 0 bridgehead atoms. The molecule has 4 aromatic rings. The van der Waals surface area contributed by atoms with Crippen molar-refractivity contribution in [2.75, 3.05) is 19.0 Å². The molecule has 10 nitrogen and oxygen atoms in total. The predicted molar refractivity (Wildman–Crippen MR) is 138 cm³/mol. The first-order valence-electron chi connectivity index (χ1n) is 12.9. The SMILES string of the molecule is [2H]COc1nc(C)c(-c2ccc3nc(NC(C)=O)cn3n2)cc1C(=O)NCc1ccc(F)c(F)c1OCC1CC1. The van der Waals surface area contributed by atoms with E-state index in [2.05, 4.69) is 25.7 Å². The smallest absolute Gasteiger partial charge is 0.257 e. The normalized spacial score (nSPS) is 13.2. The number of fused-ring (bicyclic) bond motifs is 1. The molecular weight excluding hydrogens is 510 g/mol. The first kappa shape index (κ1) is 24.7. The van der Waals surface area contributed by atoms with Crippen LogP contribution in [0.4, 0.5) is 14.6 Å². The van der Waals surface area contributed by atoms with Crippen LogP contribution in [0.5, 0.6) is 11.6 Å². The molecule has 2 N–H and O–H groups in total. The lowest BCUT2D eigenvalue weighted by Crippen LogP contribution is -2.24. The highest BCUT2D eigenvalue weighted by molar-refractivity contribution is 5.97. The summed E-state index contributed by atoms with van der Waals surface area (Å²) >= 11 is 0. The van der Waals surface area contributed by atoms with Crippen LogP contribution in [0.3, 0.4) is 0 Å². The molecule has 0 saturated heterocycles. The van der Waals surface area contributed by atoms with Crippen molar-refractivity contribution in [1.29, 1.82) is 0 Å². The van der Waals surface area contributed by atoms with Crippen LogP contribution in [-0.2, 0) is 11.3 Å². The quantitative estimate of drug-likeness (QED) is 0.330. The number of ether oxygens (including phenoxy) is 2. The largest absolute Gasteiger partial charge is 0.490 e. The third-order valence-corrected chi connectivity index (χ3v) is 6.19. The summed E-state index contributed by atoms with van der Waals surface area (Å²) in [6, 6.07) is 7.28. The van der Waals surface area contributed by atoms with E-state index in [0.717, 1.165) is 18.9 Å². The first-order valence-corrected chi connectivity index (χ1v) is 12.2. The Hall–Kier alpha value is -4.61. The molecule has 0 atom stereocenters. The van der Waals surface area contributed by atoms with Gasteiger partial charge in [0.05, 0.1) is 32.6 Å². The highest BCUT2D eigenvalue weighted by atomic mass is 19.2. The average Bonchev–Trinajstić information content (AvgIpc) is 3.66. The summed E-state index contributed by atoms with van der Waals surface area (Å²) in [4.78, 5) is 33.3. The van der Waals surface area contributed by atoms with Gasteiger partial charge >= 0.3 is 0 Å². The molecule has 39 heavy (non-hydrogen) atoms. The maximum absolute atomic E-state index is 14.5. The van der Waals surface area contributed by atoms with Gasteiger partial charge in [-0.15, -0.1) is 0 Å². The molecule has 1 aliphatic carbocycles. The van der Waals surface area contributed by atoms with Crippen LogP contribution in [0.25, 0.3) is 16.9 Å². The number of nitrogens with one attached hydrogen (secondary N) is 2. The van der Waals surface area contributed by atoms with Crippen molar-refractivity contribution < 1.29 is 29.2 Å². The Balaban J connectivity index is 1.42. The summed E-state index contributed by atoms with van der Waals surface area (Å²) in [6.07, 6.45) is 3.51. The Morgan fingerprint density at radius 3 is 2.77 bits per heavy atom. The van der Waals surface area contributed by atoms with Gasteiger partial charge in [0.1, 0.15) is 5.56 Å². The molecule has 2 amide bonds. The van der Waals surface area contributed by atoms with E-state index >= 15 is 0 Å². The zero-order valence-electron chi connectivity index (χ0n) is 22.3. The Morgan fingerprint density at radius 1 is 1.21 bits per heavy atom. The van der Waals surface area contributed by atoms with E-state index in [1.807, 2.05) is 0 Å². The molecule has 3 heterocycles. The highest BCUT2D eigenvalue weighted by Crippen LogP contribution is 2.32. The zero-order valence-corrected chi connectivity index (χ0v) is 21.3. The van der Waals surface area contributed by atoms with Crippen LogP contribution in [0.2, 0.25) is 0 Å². The van der Waals surface area contributed by atoms with Crippen LogP contribution in [0.1, 0.15) is 42.8 Å². The maximum atomic E-state index is 14.5. The van der Waals surface area contributed by atoms with Gasteiger partial charge in [-0.3, -0.25) is 9.59 Å². The number of aryl methyl sites for hydroxylation is 1. The molecule has 1 saturated carbocycles. The summed E-state index contributed by atoms with van der Waals surface area (Å²) < 4.78 is 48.2. The molecule has 0 spiro atoms. The second-order valence-electron chi connectivity index (χ2n) is 9.23. The number of nitrogens with zero attached hydrogens (tertiary/aromatic N) is 4. The van der Waals surface area contributed by atoms with Crippen LogP contribution in [0, 0.1) is 24.5 Å². The number of hydrogen-bond donors (Lipinski definition) is 2. The van der Waals surface area contributed by atoms with Crippen molar-refractivity contribution in [1.82, 2.24) is 24.9 Å². The predicted octanol–water partition coefficient (Wildman–Crippen LogP) is 4.06. The van der Waals surface area contributed by atoms with E-state index < -0.39 is 24.6 Å². The monoisotopic (exact) mass is 537 g/mol. The fourth-order valence-electron chi connectivity index (χ4n) is 4.01. The molecule has 0 unspecified atom stereocenters. The van der Waals surface area contributed by atoms with Crippen molar-refractivity contribution in [3.63, 3.8) is 0 Å².